The number of carbonyl (C=O) groups is 1. The van der Waals surface area contributed by atoms with Crippen molar-refractivity contribution in [2.45, 2.75) is 32.1 Å². The van der Waals surface area contributed by atoms with E-state index in [4.69, 9.17) is 4.74 Å². The van der Waals surface area contributed by atoms with Crippen LogP contribution in [0.15, 0.2) is 36.1 Å². The van der Waals surface area contributed by atoms with Gasteiger partial charge in [-0.25, -0.2) is 0 Å². The minimum atomic E-state index is -0.0955. The largest absolute Gasteiger partial charge is 0.431 e. The third-order valence-corrected chi connectivity index (χ3v) is 2.68. The van der Waals surface area contributed by atoms with E-state index >= 15 is 0 Å². The summed E-state index contributed by atoms with van der Waals surface area (Å²) in [6.45, 7) is 0. The molecule has 2 heteroatoms. The van der Waals surface area contributed by atoms with Gasteiger partial charge in [-0.1, -0.05) is 36.8 Å². The molecule has 1 saturated heterocycles. The van der Waals surface area contributed by atoms with Crippen LogP contribution in [0.4, 0.5) is 0 Å². The maximum atomic E-state index is 11.4. The highest BCUT2D eigenvalue weighted by molar-refractivity contribution is 5.71. The summed E-state index contributed by atoms with van der Waals surface area (Å²) >= 11 is 0. The number of ether oxygens (including phenoxy) is 1. The van der Waals surface area contributed by atoms with E-state index in [-0.39, 0.29) is 5.97 Å². The fourth-order valence-corrected chi connectivity index (χ4v) is 1.83. The zero-order chi connectivity index (χ0) is 11.2. The molecule has 0 bridgehead atoms. The molecule has 0 aromatic heterocycles. The van der Waals surface area contributed by atoms with Gasteiger partial charge in [0.1, 0.15) is 5.76 Å². The summed E-state index contributed by atoms with van der Waals surface area (Å²) in [5, 5.41) is 0. The van der Waals surface area contributed by atoms with Crippen LogP contribution in [0.1, 0.15) is 37.7 Å². The zero-order valence-electron chi connectivity index (χ0n) is 9.32. The Hall–Kier alpha value is -1.57. The number of carbonyl (C=O) groups excluding carboxylic acids is 1. The Morgan fingerprint density at radius 2 is 1.75 bits per heavy atom. The van der Waals surface area contributed by atoms with Crippen molar-refractivity contribution < 1.29 is 9.53 Å². The van der Waals surface area contributed by atoms with Gasteiger partial charge in [-0.05, 0) is 24.5 Å². The van der Waals surface area contributed by atoms with Crippen molar-refractivity contribution in [1.29, 1.82) is 0 Å². The summed E-state index contributed by atoms with van der Waals surface area (Å²) in [5.41, 5.74) is 1.09. The molecule has 2 rings (SSSR count). The van der Waals surface area contributed by atoms with Crippen molar-refractivity contribution in [3.8, 4) is 0 Å². The third-order valence-electron chi connectivity index (χ3n) is 2.68. The quantitative estimate of drug-likeness (QED) is 0.671. The highest BCUT2D eigenvalue weighted by Gasteiger charge is 2.10. The smallest absolute Gasteiger partial charge is 0.310 e. The number of cyclic esters (lactones) is 1. The van der Waals surface area contributed by atoms with Crippen molar-refractivity contribution in [3.63, 3.8) is 0 Å². The van der Waals surface area contributed by atoms with Gasteiger partial charge in [0.15, 0.2) is 0 Å². The molecule has 2 nitrogen and oxygen atoms in total. The Kier molecular flexibility index (Phi) is 3.76. The molecule has 0 aliphatic carbocycles. The fraction of sp³-hybridized carbons (Fsp3) is 0.357. The van der Waals surface area contributed by atoms with Gasteiger partial charge >= 0.3 is 5.97 Å². The highest BCUT2D eigenvalue weighted by Crippen LogP contribution is 2.19. The van der Waals surface area contributed by atoms with E-state index in [0.29, 0.717) is 6.42 Å². The van der Waals surface area contributed by atoms with Gasteiger partial charge in [-0.3, -0.25) is 4.79 Å². The normalized spacial score (nSPS) is 20.0. The topological polar surface area (TPSA) is 26.3 Å². The molecule has 0 saturated carbocycles. The van der Waals surface area contributed by atoms with Gasteiger partial charge in [0.25, 0.3) is 0 Å². The van der Waals surface area contributed by atoms with Gasteiger partial charge in [-0.2, -0.15) is 0 Å². The van der Waals surface area contributed by atoms with Gasteiger partial charge in [0, 0.05) is 12.8 Å². The molecule has 84 valence electrons. The van der Waals surface area contributed by atoms with Crippen molar-refractivity contribution in [1.82, 2.24) is 0 Å². The molecule has 1 aromatic carbocycles. The minimum Gasteiger partial charge on any atom is -0.431 e. The van der Waals surface area contributed by atoms with Crippen molar-refractivity contribution in [2.24, 2.45) is 0 Å². The van der Waals surface area contributed by atoms with E-state index in [2.05, 4.69) is 0 Å². The van der Waals surface area contributed by atoms with Crippen molar-refractivity contribution in [3.05, 3.63) is 41.7 Å². The summed E-state index contributed by atoms with van der Waals surface area (Å²) in [4.78, 5) is 11.4. The van der Waals surface area contributed by atoms with Crippen LogP contribution in [0.3, 0.4) is 0 Å². The number of allylic oxidation sites excluding steroid dienone is 1. The first-order chi connectivity index (χ1) is 7.84. The average Bonchev–Trinajstić information content (AvgIpc) is 2.27. The Morgan fingerprint density at radius 3 is 2.56 bits per heavy atom. The van der Waals surface area contributed by atoms with Gasteiger partial charge < -0.3 is 4.74 Å². The Morgan fingerprint density at radius 1 is 1.00 bits per heavy atom. The van der Waals surface area contributed by atoms with Gasteiger partial charge in [0.2, 0.25) is 0 Å². The lowest BCUT2D eigenvalue weighted by Crippen LogP contribution is -2.07. The molecule has 16 heavy (non-hydrogen) atoms. The second kappa shape index (κ2) is 5.50. The molecule has 0 atom stereocenters. The second-order valence-corrected chi connectivity index (χ2v) is 4.06. The van der Waals surface area contributed by atoms with Crippen LogP contribution in [0.25, 0.3) is 6.08 Å². The predicted molar refractivity (Wildman–Crippen MR) is 63.6 cm³/mol. The van der Waals surface area contributed by atoms with Crippen LogP contribution in [0.5, 0.6) is 0 Å². The van der Waals surface area contributed by atoms with Gasteiger partial charge in [-0.15, -0.1) is 0 Å². The number of rotatable bonds is 1. The molecule has 1 aliphatic rings. The Balaban J connectivity index is 2.11. The fourth-order valence-electron chi connectivity index (χ4n) is 1.83. The molecule has 1 aliphatic heterocycles. The zero-order valence-corrected chi connectivity index (χ0v) is 9.32. The molecule has 0 N–H and O–H groups in total. The number of hydrogen-bond acceptors (Lipinski definition) is 2. The Labute approximate surface area is 95.9 Å². The van der Waals surface area contributed by atoms with Crippen LogP contribution in [-0.2, 0) is 9.53 Å². The van der Waals surface area contributed by atoms with E-state index in [1.807, 2.05) is 36.4 Å². The number of hydrogen-bond donors (Lipinski definition) is 0. The minimum absolute atomic E-state index is 0.0955. The maximum absolute atomic E-state index is 11.4. The molecule has 0 radical (unpaired) electrons. The van der Waals surface area contributed by atoms with Crippen LogP contribution in [0, 0.1) is 0 Å². The molecule has 1 fully saturated rings. The standard InChI is InChI=1S/C14H16O2/c15-14-10-6-2-5-9-13(16-14)11-12-7-3-1-4-8-12/h1,3-4,7-8,11H,2,5-6,9-10H2/b13-11+. The number of esters is 1. The molecule has 1 aromatic rings. The summed E-state index contributed by atoms with van der Waals surface area (Å²) in [6, 6.07) is 9.97. The number of benzene rings is 1. The first-order valence-corrected chi connectivity index (χ1v) is 5.81. The summed E-state index contributed by atoms with van der Waals surface area (Å²) in [7, 11) is 0. The molecular weight excluding hydrogens is 200 g/mol. The van der Waals surface area contributed by atoms with Crippen LogP contribution >= 0.6 is 0 Å². The van der Waals surface area contributed by atoms with E-state index in [0.717, 1.165) is 37.0 Å². The van der Waals surface area contributed by atoms with E-state index in [1.165, 1.54) is 0 Å². The summed E-state index contributed by atoms with van der Waals surface area (Å²) in [6.07, 6.45) is 6.54. The molecule has 0 amide bonds. The van der Waals surface area contributed by atoms with Crippen molar-refractivity contribution >= 4 is 12.0 Å². The lowest BCUT2D eigenvalue weighted by molar-refractivity contribution is -0.140. The molecular formula is C14H16O2. The van der Waals surface area contributed by atoms with E-state index in [1.54, 1.807) is 0 Å². The van der Waals surface area contributed by atoms with Crippen LogP contribution in [-0.4, -0.2) is 5.97 Å². The van der Waals surface area contributed by atoms with Crippen molar-refractivity contribution in [2.75, 3.05) is 0 Å². The summed E-state index contributed by atoms with van der Waals surface area (Å²) < 4.78 is 5.32. The third kappa shape index (κ3) is 3.23. The molecule has 0 unspecified atom stereocenters. The van der Waals surface area contributed by atoms with Crippen LogP contribution in [0.2, 0.25) is 0 Å². The molecule has 1 heterocycles. The predicted octanol–water partition coefficient (Wildman–Crippen LogP) is 3.53. The highest BCUT2D eigenvalue weighted by atomic mass is 16.5. The average molecular weight is 216 g/mol. The Bertz CT molecular complexity index is 379. The first kappa shape index (κ1) is 10.9. The molecule has 0 spiro atoms. The lowest BCUT2D eigenvalue weighted by Gasteiger charge is -2.12. The SMILES string of the molecule is O=C1CCCCC/C(=C\c2ccccc2)O1. The van der Waals surface area contributed by atoms with Gasteiger partial charge in [0.05, 0.1) is 0 Å². The van der Waals surface area contributed by atoms with E-state index < -0.39 is 0 Å². The first-order valence-electron chi connectivity index (χ1n) is 5.81. The monoisotopic (exact) mass is 216 g/mol. The van der Waals surface area contributed by atoms with E-state index in [9.17, 15) is 4.79 Å². The lowest BCUT2D eigenvalue weighted by atomic mass is 10.1. The maximum Gasteiger partial charge on any atom is 0.310 e. The van der Waals surface area contributed by atoms with Crippen LogP contribution < -0.4 is 0 Å². The summed E-state index contributed by atoms with van der Waals surface area (Å²) in [5.74, 6) is 0.706. The second-order valence-electron chi connectivity index (χ2n) is 4.06.